The number of pyridine rings is 3. The molecular weight excluding hydrogens is 811 g/mol. The molecule has 0 saturated carbocycles. The monoisotopic (exact) mass is 898 g/mol. The molecule has 3 aliphatic rings. The van der Waals surface area contributed by atoms with Crippen LogP contribution in [0.4, 0.5) is 0 Å². The van der Waals surface area contributed by atoms with Crippen LogP contribution < -0.4 is 14.2 Å². The van der Waals surface area contributed by atoms with Gasteiger partial charge in [0.1, 0.15) is 11.3 Å². The van der Waals surface area contributed by atoms with E-state index in [0.29, 0.717) is 42.3 Å². The van der Waals surface area contributed by atoms with Gasteiger partial charge in [0.2, 0.25) is 6.79 Å². The summed E-state index contributed by atoms with van der Waals surface area (Å²) in [5, 5.41) is 3.89. The number of aryl methyl sites for hydroxylation is 4. The molecule has 3 aromatic carbocycles. The Balaban J connectivity index is 0.000000204. The van der Waals surface area contributed by atoms with Crippen molar-refractivity contribution >= 4 is 32.7 Å². The van der Waals surface area contributed by atoms with Gasteiger partial charge in [0.25, 0.3) is 0 Å². The minimum Gasteiger partial charge on any atom is -0.493 e. The average Bonchev–Trinajstić information content (AvgIpc) is 4.11. The van der Waals surface area contributed by atoms with Crippen molar-refractivity contribution in [3.63, 3.8) is 0 Å². The Morgan fingerprint density at radius 1 is 0.379 bits per heavy atom. The number of nitrogens with zero attached hydrogens (tertiary/aromatic N) is 3. The van der Waals surface area contributed by atoms with Crippen molar-refractivity contribution in [2.75, 3.05) is 13.4 Å². The first kappa shape index (κ1) is 53.9. The topological polar surface area (TPSA) is 66.4 Å². The maximum Gasteiger partial charge on any atom is 0.231 e. The van der Waals surface area contributed by atoms with Gasteiger partial charge in [-0.15, -0.1) is 0 Å². The van der Waals surface area contributed by atoms with Crippen molar-refractivity contribution in [1.82, 2.24) is 15.0 Å². The van der Waals surface area contributed by atoms with E-state index in [1.54, 1.807) is 5.56 Å². The quantitative estimate of drug-likeness (QED) is 0.166. The summed E-state index contributed by atoms with van der Waals surface area (Å²) in [4.78, 5) is 14.8. The fourth-order valence-corrected chi connectivity index (χ4v) is 9.28. The van der Waals surface area contributed by atoms with Crippen LogP contribution in [0.2, 0.25) is 0 Å². The Kier molecular flexibility index (Phi) is 19.5. The molecule has 6 aromatic rings. The van der Waals surface area contributed by atoms with Gasteiger partial charge in [-0.1, -0.05) is 125 Å². The number of hydrogen-bond donors (Lipinski definition) is 0. The Hall–Kier alpha value is -4.71. The summed E-state index contributed by atoms with van der Waals surface area (Å²) in [5.41, 5.74) is 19.4. The number of rotatable bonds is 6. The molecule has 0 N–H and O–H groups in total. The van der Waals surface area contributed by atoms with Crippen LogP contribution in [-0.2, 0) is 19.3 Å². The second kappa shape index (κ2) is 23.8. The molecule has 0 unspecified atom stereocenters. The highest BCUT2D eigenvalue weighted by Crippen LogP contribution is 2.44. The standard InChI is InChI=1S/C19H25N.C18H23NO.C17H21NO2.3C2H6/c1-11(2)16-10-18(12(3)4)20-19-15-8-6-7-14(15)13(5)9-17(16)19;1-10(2)14-9-16(11(3)4)19-17-13-6-7-20-18(13)12(5)8-15(14)17;1-9(2)12-7-14(10(3)4)18-15-13(12)6-11(5)16-17(15)20-8-19-16;3*1-2/h9-12H,6-8H2,1-5H3;8-11H,6-7H2,1-5H3;6-7,9-10H,8H2,1-5H3;3*1-2H3. The molecule has 6 nitrogen and oxygen atoms in total. The normalized spacial score (nSPS) is 13.1. The Labute approximate surface area is 401 Å². The largest absolute Gasteiger partial charge is 0.493 e. The van der Waals surface area contributed by atoms with Crippen molar-refractivity contribution in [2.24, 2.45) is 0 Å². The smallest absolute Gasteiger partial charge is 0.231 e. The number of ether oxygens (including phenoxy) is 3. The Morgan fingerprint density at radius 3 is 1.21 bits per heavy atom. The molecule has 1 aliphatic carbocycles. The summed E-state index contributed by atoms with van der Waals surface area (Å²) >= 11 is 0. The van der Waals surface area contributed by atoms with Crippen LogP contribution in [0.15, 0.2) is 36.4 Å². The van der Waals surface area contributed by atoms with Gasteiger partial charge in [-0.25, -0.2) is 4.98 Å². The first-order valence-corrected chi connectivity index (χ1v) is 25.8. The van der Waals surface area contributed by atoms with Gasteiger partial charge in [-0.05, 0) is 156 Å². The van der Waals surface area contributed by atoms with Crippen molar-refractivity contribution in [3.8, 4) is 17.2 Å². The first-order valence-electron chi connectivity index (χ1n) is 25.8. The number of hydrogen-bond acceptors (Lipinski definition) is 6. The number of fused-ring (bicyclic) bond motifs is 9. The lowest BCUT2D eigenvalue weighted by molar-refractivity contribution is 0.174. The summed E-state index contributed by atoms with van der Waals surface area (Å²) in [5.74, 6) is 5.60. The molecule has 0 bridgehead atoms. The van der Waals surface area contributed by atoms with E-state index in [-0.39, 0.29) is 0 Å². The van der Waals surface area contributed by atoms with E-state index in [1.807, 2.05) is 41.5 Å². The van der Waals surface area contributed by atoms with E-state index >= 15 is 0 Å². The SMILES string of the molecule is CC.CC.CC.Cc1cc2c(C(C)C)cc(C(C)C)nc2c2c1CCC2.Cc1cc2c(C(C)C)cc(C(C)C)nc2c2c1OCC2.Cc1cc2c(C(C)C)cc(C(C)C)nc2c2c1OCO2. The number of aromatic nitrogens is 3. The van der Waals surface area contributed by atoms with Gasteiger partial charge in [0.05, 0.1) is 17.6 Å². The van der Waals surface area contributed by atoms with E-state index in [9.17, 15) is 0 Å². The van der Waals surface area contributed by atoms with Gasteiger partial charge < -0.3 is 14.2 Å². The minimum absolute atomic E-state index is 0.292. The van der Waals surface area contributed by atoms with Gasteiger partial charge in [0.15, 0.2) is 11.5 Å². The highest BCUT2D eigenvalue weighted by atomic mass is 16.7. The molecule has 5 heterocycles. The van der Waals surface area contributed by atoms with Crippen LogP contribution in [-0.4, -0.2) is 28.4 Å². The van der Waals surface area contributed by atoms with Gasteiger partial charge in [-0.2, -0.15) is 0 Å². The summed E-state index contributed by atoms with van der Waals surface area (Å²) < 4.78 is 17.1. The molecule has 2 aliphatic heterocycles. The summed E-state index contributed by atoms with van der Waals surface area (Å²) in [6.07, 6.45) is 4.72. The molecule has 66 heavy (non-hydrogen) atoms. The molecule has 6 heteroatoms. The number of benzene rings is 3. The predicted molar refractivity (Wildman–Crippen MR) is 285 cm³/mol. The molecule has 0 atom stereocenters. The molecule has 3 aromatic heterocycles. The molecular formula is C60H87N3O3. The maximum atomic E-state index is 5.80. The average molecular weight is 898 g/mol. The minimum atomic E-state index is 0.292. The van der Waals surface area contributed by atoms with Crippen molar-refractivity contribution < 1.29 is 14.2 Å². The zero-order valence-corrected chi connectivity index (χ0v) is 45.2. The van der Waals surface area contributed by atoms with Crippen LogP contribution in [0.5, 0.6) is 17.2 Å². The van der Waals surface area contributed by atoms with Gasteiger partial charge in [0, 0.05) is 45.2 Å². The van der Waals surface area contributed by atoms with E-state index in [4.69, 9.17) is 29.2 Å². The molecule has 0 saturated heterocycles. The predicted octanol–water partition coefficient (Wildman–Crippen LogP) is 17.6. The second-order valence-corrected chi connectivity index (χ2v) is 19.4. The van der Waals surface area contributed by atoms with E-state index in [2.05, 4.69) is 140 Å². The van der Waals surface area contributed by atoms with Crippen LogP contribution in [0.3, 0.4) is 0 Å². The van der Waals surface area contributed by atoms with E-state index < -0.39 is 0 Å². The van der Waals surface area contributed by atoms with Crippen LogP contribution in [0.25, 0.3) is 32.7 Å². The Bertz CT molecular complexity index is 2300. The molecule has 9 rings (SSSR count). The highest BCUT2D eigenvalue weighted by molar-refractivity contribution is 5.92. The zero-order valence-electron chi connectivity index (χ0n) is 45.2. The maximum absolute atomic E-state index is 5.80. The molecule has 0 radical (unpaired) electrons. The van der Waals surface area contributed by atoms with Gasteiger partial charge >= 0.3 is 0 Å². The summed E-state index contributed by atoms with van der Waals surface area (Å²) in [6, 6.07) is 13.7. The lowest BCUT2D eigenvalue weighted by Crippen LogP contribution is -2.02. The molecule has 0 spiro atoms. The molecule has 0 fully saturated rings. The fourth-order valence-electron chi connectivity index (χ4n) is 9.28. The van der Waals surface area contributed by atoms with Gasteiger partial charge in [-0.3, -0.25) is 9.97 Å². The van der Waals surface area contributed by atoms with Crippen molar-refractivity contribution in [1.29, 1.82) is 0 Å². The third-order valence-electron chi connectivity index (χ3n) is 12.7. The van der Waals surface area contributed by atoms with Crippen molar-refractivity contribution in [2.45, 2.75) is 207 Å². The van der Waals surface area contributed by atoms with E-state index in [0.717, 1.165) is 52.6 Å². The molecule has 360 valence electrons. The third-order valence-corrected chi connectivity index (χ3v) is 12.7. The van der Waals surface area contributed by atoms with Crippen molar-refractivity contribution in [3.05, 3.63) is 104 Å². The summed E-state index contributed by atoms with van der Waals surface area (Å²) in [7, 11) is 0. The lowest BCUT2D eigenvalue weighted by Gasteiger charge is -2.17. The second-order valence-electron chi connectivity index (χ2n) is 19.4. The zero-order chi connectivity index (χ0) is 49.3. The van der Waals surface area contributed by atoms with Crippen LogP contribution in [0.1, 0.15) is 234 Å². The van der Waals surface area contributed by atoms with Crippen LogP contribution in [0, 0.1) is 20.8 Å². The lowest BCUT2D eigenvalue weighted by atomic mass is 9.91. The van der Waals surface area contributed by atoms with E-state index in [1.165, 1.54) is 91.3 Å². The highest BCUT2D eigenvalue weighted by Gasteiger charge is 2.25. The molecule has 0 amide bonds. The van der Waals surface area contributed by atoms with Crippen LogP contribution >= 0.6 is 0 Å². The third kappa shape index (κ3) is 11.3. The first-order chi connectivity index (χ1) is 31.5. The summed E-state index contributed by atoms with van der Waals surface area (Å²) in [6.45, 7) is 46.4. The fraction of sp³-hybridized carbons (Fsp3) is 0.550. The Morgan fingerprint density at radius 2 is 0.758 bits per heavy atom.